The summed E-state index contributed by atoms with van der Waals surface area (Å²) in [6.07, 6.45) is 6.87. The lowest BCUT2D eigenvalue weighted by atomic mass is 9.90. The molecule has 10 nitrogen and oxygen atoms in total. The molecule has 35 heavy (non-hydrogen) atoms. The highest BCUT2D eigenvalue weighted by Gasteiger charge is 2.44. The van der Waals surface area contributed by atoms with Gasteiger partial charge in [0.15, 0.2) is 9.84 Å². The molecule has 4 heterocycles. The van der Waals surface area contributed by atoms with Gasteiger partial charge in [-0.3, -0.25) is 9.80 Å². The summed E-state index contributed by atoms with van der Waals surface area (Å²) in [5.74, 6) is 0.502. The highest BCUT2D eigenvalue weighted by atomic mass is 32.2. The Kier molecular flexibility index (Phi) is 7.21. The van der Waals surface area contributed by atoms with Gasteiger partial charge in [0.25, 0.3) is 5.56 Å². The van der Waals surface area contributed by atoms with Gasteiger partial charge in [0.1, 0.15) is 11.5 Å². The van der Waals surface area contributed by atoms with E-state index in [-0.39, 0.29) is 22.2 Å². The summed E-state index contributed by atoms with van der Waals surface area (Å²) in [6, 6.07) is 1.83. The monoisotopic (exact) mass is 504 g/mol. The summed E-state index contributed by atoms with van der Waals surface area (Å²) < 4.78 is 30.3. The van der Waals surface area contributed by atoms with Crippen LogP contribution in [0.3, 0.4) is 0 Å². The van der Waals surface area contributed by atoms with Crippen molar-refractivity contribution in [3.8, 4) is 17.3 Å². The van der Waals surface area contributed by atoms with Gasteiger partial charge in [0, 0.05) is 18.5 Å². The van der Waals surface area contributed by atoms with Crippen molar-refractivity contribution in [3.63, 3.8) is 0 Å². The molecule has 11 heteroatoms. The van der Waals surface area contributed by atoms with Gasteiger partial charge in [0.2, 0.25) is 5.88 Å². The molecule has 0 unspecified atom stereocenters. The topological polar surface area (TPSA) is 121 Å². The molecule has 2 aromatic heterocycles. The Morgan fingerprint density at radius 1 is 1.26 bits per heavy atom. The van der Waals surface area contributed by atoms with Crippen molar-refractivity contribution in [1.29, 1.82) is 0 Å². The Balaban J connectivity index is 1.85. The smallest absolute Gasteiger partial charge is 0.276 e. The Morgan fingerprint density at radius 3 is 2.60 bits per heavy atom. The first kappa shape index (κ1) is 25.6. The lowest BCUT2D eigenvalue weighted by molar-refractivity contribution is 0.277. The van der Waals surface area contributed by atoms with E-state index < -0.39 is 15.4 Å². The minimum absolute atomic E-state index is 0.0424. The van der Waals surface area contributed by atoms with Crippen molar-refractivity contribution in [2.75, 3.05) is 38.0 Å². The predicted octanol–water partition coefficient (Wildman–Crippen LogP) is 2.46. The van der Waals surface area contributed by atoms with E-state index in [2.05, 4.69) is 41.2 Å². The van der Waals surface area contributed by atoms with E-state index >= 15 is 0 Å². The van der Waals surface area contributed by atoms with E-state index in [4.69, 9.17) is 9.72 Å². The standard InChI is InChI=1S/C24H36N6O4S/c1-6-12-34-23-18(13-17(14-25-23)35(5,32)33)21-26-20-19(22(31)27-21)30(28-24(20,7-2)8-3)15-16-10-9-11-29(16)4/h13-14,16,28H,6-12,15H2,1-5H3,(H,26,27,31)/t16-/m0/s1. The summed E-state index contributed by atoms with van der Waals surface area (Å²) >= 11 is 0. The average Bonchev–Trinajstić information content (AvgIpc) is 3.38. The Morgan fingerprint density at radius 2 is 2.00 bits per heavy atom. The Hall–Kier alpha value is -2.50. The average molecular weight is 505 g/mol. The number of hydrogen-bond acceptors (Lipinski definition) is 9. The molecule has 2 aromatic rings. The fourth-order valence-electron chi connectivity index (χ4n) is 4.97. The molecular formula is C24H36N6O4S. The van der Waals surface area contributed by atoms with Crippen LogP contribution in [0.4, 0.5) is 5.69 Å². The maximum atomic E-state index is 13.5. The van der Waals surface area contributed by atoms with Crippen molar-refractivity contribution >= 4 is 15.5 Å². The van der Waals surface area contributed by atoms with Gasteiger partial charge < -0.3 is 14.6 Å². The number of nitrogens with one attached hydrogen (secondary N) is 2. The first-order valence-electron chi connectivity index (χ1n) is 12.4. The fraction of sp³-hybridized carbons (Fsp3) is 0.625. The van der Waals surface area contributed by atoms with Crippen LogP contribution in [0.5, 0.6) is 5.88 Å². The van der Waals surface area contributed by atoms with Crippen LogP contribution in [0.2, 0.25) is 0 Å². The molecule has 2 N–H and O–H groups in total. The normalized spacial score (nSPS) is 19.8. The molecule has 1 saturated heterocycles. The lowest BCUT2D eigenvalue weighted by Crippen LogP contribution is -2.50. The van der Waals surface area contributed by atoms with Crippen molar-refractivity contribution in [1.82, 2.24) is 25.3 Å². The van der Waals surface area contributed by atoms with Crippen LogP contribution >= 0.6 is 0 Å². The quantitative estimate of drug-likeness (QED) is 0.530. The molecule has 192 valence electrons. The van der Waals surface area contributed by atoms with Crippen molar-refractivity contribution < 1.29 is 13.2 Å². The van der Waals surface area contributed by atoms with Crippen molar-refractivity contribution in [3.05, 3.63) is 28.3 Å². The Labute approximate surface area is 207 Å². The van der Waals surface area contributed by atoms with Crippen LogP contribution in [-0.4, -0.2) is 67.3 Å². The molecule has 0 aromatic carbocycles. The maximum absolute atomic E-state index is 13.5. The number of H-pyrrole nitrogens is 1. The van der Waals surface area contributed by atoms with Gasteiger partial charge in [-0.05, 0) is 51.8 Å². The number of aromatic amines is 1. The van der Waals surface area contributed by atoms with E-state index in [1.54, 1.807) is 0 Å². The summed E-state index contributed by atoms with van der Waals surface area (Å²) in [5.41, 5.74) is 4.39. The van der Waals surface area contributed by atoms with Gasteiger partial charge in [-0.2, -0.15) is 0 Å². The third-order valence-electron chi connectivity index (χ3n) is 7.19. The molecule has 1 fully saturated rings. The molecule has 0 saturated carbocycles. The van der Waals surface area contributed by atoms with E-state index in [0.29, 0.717) is 36.1 Å². The number of sulfone groups is 1. The van der Waals surface area contributed by atoms with Gasteiger partial charge in [-0.1, -0.05) is 20.8 Å². The van der Waals surface area contributed by atoms with Crippen LogP contribution in [0.25, 0.3) is 11.4 Å². The second-order valence-electron chi connectivity index (χ2n) is 9.54. The third kappa shape index (κ3) is 4.81. The molecule has 0 radical (unpaired) electrons. The summed E-state index contributed by atoms with van der Waals surface area (Å²) in [5, 5.41) is 1.96. The van der Waals surface area contributed by atoms with Crippen molar-refractivity contribution in [2.45, 2.75) is 69.4 Å². The largest absolute Gasteiger partial charge is 0.477 e. The van der Waals surface area contributed by atoms with Crippen LogP contribution in [0.15, 0.2) is 22.0 Å². The first-order valence-corrected chi connectivity index (χ1v) is 14.3. The molecule has 0 aliphatic carbocycles. The zero-order valence-electron chi connectivity index (χ0n) is 21.2. The zero-order chi connectivity index (χ0) is 25.4. The Bertz CT molecular complexity index is 1240. The van der Waals surface area contributed by atoms with Crippen LogP contribution in [-0.2, 0) is 15.4 Å². The lowest BCUT2D eigenvalue weighted by Gasteiger charge is -2.31. The molecular weight excluding hydrogens is 468 g/mol. The van der Waals surface area contributed by atoms with Crippen LogP contribution < -0.4 is 20.7 Å². The number of pyridine rings is 1. The highest BCUT2D eigenvalue weighted by Crippen LogP contribution is 2.40. The summed E-state index contributed by atoms with van der Waals surface area (Å²) in [4.78, 5) is 28.0. The molecule has 0 amide bonds. The van der Waals surface area contributed by atoms with Gasteiger partial charge in [-0.15, -0.1) is 0 Å². The molecule has 4 rings (SSSR count). The second-order valence-corrected chi connectivity index (χ2v) is 11.6. The van der Waals surface area contributed by atoms with Gasteiger partial charge in [-0.25, -0.2) is 23.8 Å². The summed E-state index contributed by atoms with van der Waals surface area (Å²) in [6.45, 7) is 8.27. The van der Waals surface area contributed by atoms with E-state index in [1.807, 2.05) is 11.9 Å². The molecule has 1 atom stereocenters. The van der Waals surface area contributed by atoms with Crippen LogP contribution in [0.1, 0.15) is 58.6 Å². The number of likely N-dealkylation sites (N-methyl/N-ethyl adjacent to an activating group) is 1. The van der Waals surface area contributed by atoms with E-state index in [0.717, 1.165) is 44.9 Å². The fourth-order valence-corrected chi connectivity index (χ4v) is 5.54. The molecule has 0 spiro atoms. The maximum Gasteiger partial charge on any atom is 0.276 e. The second kappa shape index (κ2) is 9.87. The number of ether oxygens (including phenoxy) is 1. The highest BCUT2D eigenvalue weighted by molar-refractivity contribution is 7.90. The molecule has 2 aliphatic rings. The number of likely N-dealkylation sites (tertiary alicyclic amines) is 1. The number of hydrogen-bond donors (Lipinski definition) is 2. The number of aromatic nitrogens is 3. The van der Waals surface area contributed by atoms with E-state index in [1.165, 1.54) is 12.3 Å². The van der Waals surface area contributed by atoms with E-state index in [9.17, 15) is 13.2 Å². The molecule has 2 aliphatic heterocycles. The number of nitrogens with zero attached hydrogens (tertiary/aromatic N) is 4. The van der Waals surface area contributed by atoms with Gasteiger partial charge in [0.05, 0.1) is 34.8 Å². The minimum Gasteiger partial charge on any atom is -0.477 e. The van der Waals surface area contributed by atoms with Crippen LogP contribution in [0, 0.1) is 0 Å². The van der Waals surface area contributed by atoms with Gasteiger partial charge >= 0.3 is 0 Å². The number of anilines is 1. The SMILES string of the molecule is CCCOc1ncc(S(C)(=O)=O)cc1-c1nc2c(c(=O)[nH]1)N(C[C@@H]1CCCN1C)NC2(CC)CC. The molecule has 0 bridgehead atoms. The van der Waals surface area contributed by atoms with Crippen molar-refractivity contribution in [2.24, 2.45) is 0 Å². The first-order chi connectivity index (χ1) is 16.6. The number of fused-ring (bicyclic) bond motifs is 1. The third-order valence-corrected chi connectivity index (χ3v) is 8.27. The zero-order valence-corrected chi connectivity index (χ0v) is 22.0. The predicted molar refractivity (Wildman–Crippen MR) is 135 cm³/mol. The number of hydrazine groups is 1. The minimum atomic E-state index is -3.51. The summed E-state index contributed by atoms with van der Waals surface area (Å²) in [7, 11) is -1.40. The number of rotatable bonds is 9.